The zero-order chi connectivity index (χ0) is 18.1. The summed E-state index contributed by atoms with van der Waals surface area (Å²) in [4.78, 5) is 12.1. The van der Waals surface area contributed by atoms with E-state index in [-0.39, 0.29) is 11.7 Å². The Hall–Kier alpha value is -3.02. The summed E-state index contributed by atoms with van der Waals surface area (Å²) in [5.74, 6) is 0.852. The van der Waals surface area contributed by atoms with Crippen molar-refractivity contribution in [1.29, 1.82) is 0 Å². The lowest BCUT2D eigenvalue weighted by Gasteiger charge is -2.06. The molecule has 0 radical (unpaired) electrons. The van der Waals surface area contributed by atoms with Crippen LogP contribution < -0.4 is 14.9 Å². The van der Waals surface area contributed by atoms with E-state index in [2.05, 4.69) is 10.5 Å². The summed E-state index contributed by atoms with van der Waals surface area (Å²) in [6.07, 6.45) is 2.41. The van der Waals surface area contributed by atoms with E-state index in [1.54, 1.807) is 36.4 Å². The minimum absolute atomic E-state index is 0.0633. The summed E-state index contributed by atoms with van der Waals surface area (Å²) < 4.78 is 10.8. The molecule has 0 heterocycles. The van der Waals surface area contributed by atoms with Crippen LogP contribution in [0, 0.1) is 0 Å². The van der Waals surface area contributed by atoms with Gasteiger partial charge < -0.3 is 14.6 Å². The second-order valence-electron chi connectivity index (χ2n) is 5.23. The van der Waals surface area contributed by atoms with Crippen LogP contribution in [-0.2, 0) is 0 Å². The van der Waals surface area contributed by atoms with E-state index >= 15 is 0 Å². The Labute approximate surface area is 147 Å². The van der Waals surface area contributed by atoms with Gasteiger partial charge in [0.1, 0.15) is 5.75 Å². The van der Waals surface area contributed by atoms with Crippen molar-refractivity contribution in [3.63, 3.8) is 0 Å². The predicted octanol–water partition coefficient (Wildman–Crippen LogP) is 3.34. The highest BCUT2D eigenvalue weighted by atomic mass is 16.5. The highest BCUT2D eigenvalue weighted by Crippen LogP contribution is 2.26. The molecule has 2 aromatic rings. The number of hydrogen-bond acceptors (Lipinski definition) is 5. The lowest BCUT2D eigenvalue weighted by Crippen LogP contribution is -2.17. The maximum absolute atomic E-state index is 12.1. The number of carbonyl (C=O) groups is 1. The van der Waals surface area contributed by atoms with Crippen LogP contribution in [0.3, 0.4) is 0 Å². The monoisotopic (exact) mass is 342 g/mol. The Morgan fingerprint density at radius 3 is 2.60 bits per heavy atom. The number of phenols is 1. The van der Waals surface area contributed by atoms with Gasteiger partial charge in [0.2, 0.25) is 0 Å². The molecule has 0 saturated carbocycles. The number of rotatable bonds is 8. The van der Waals surface area contributed by atoms with E-state index in [0.717, 1.165) is 12.2 Å². The van der Waals surface area contributed by atoms with E-state index in [9.17, 15) is 9.90 Å². The fraction of sp³-hybridized carbons (Fsp3) is 0.263. The number of amides is 1. The number of hydrazone groups is 1. The summed E-state index contributed by atoms with van der Waals surface area (Å²) in [6, 6.07) is 11.7. The molecule has 2 rings (SSSR count). The molecule has 0 aromatic heterocycles. The summed E-state index contributed by atoms with van der Waals surface area (Å²) in [5, 5.41) is 13.6. The van der Waals surface area contributed by atoms with Crippen molar-refractivity contribution < 1.29 is 19.4 Å². The SMILES string of the molecule is CCCOc1ccc(C(=O)N/N=C\c2ccc(O)c(OCC)c2)cc1. The van der Waals surface area contributed by atoms with Crippen LogP contribution in [0.4, 0.5) is 0 Å². The molecule has 25 heavy (non-hydrogen) atoms. The van der Waals surface area contributed by atoms with Crippen LogP contribution in [-0.4, -0.2) is 30.4 Å². The Morgan fingerprint density at radius 1 is 1.16 bits per heavy atom. The molecule has 0 spiro atoms. The van der Waals surface area contributed by atoms with Gasteiger partial charge in [-0.3, -0.25) is 4.79 Å². The zero-order valence-corrected chi connectivity index (χ0v) is 14.4. The first kappa shape index (κ1) is 18.3. The van der Waals surface area contributed by atoms with E-state index in [1.807, 2.05) is 13.8 Å². The van der Waals surface area contributed by atoms with Gasteiger partial charge in [-0.05, 0) is 61.4 Å². The molecule has 2 aromatic carbocycles. The number of hydrogen-bond donors (Lipinski definition) is 2. The molecule has 1 amide bonds. The molecule has 0 aliphatic heterocycles. The third-order valence-electron chi connectivity index (χ3n) is 3.25. The summed E-state index contributed by atoms with van der Waals surface area (Å²) in [5.41, 5.74) is 3.65. The molecule has 6 nitrogen and oxygen atoms in total. The topological polar surface area (TPSA) is 80.2 Å². The Bertz CT molecular complexity index is 727. The molecule has 0 bridgehead atoms. The van der Waals surface area contributed by atoms with Crippen molar-refractivity contribution in [3.05, 3.63) is 53.6 Å². The molecule has 0 atom stereocenters. The molecule has 0 saturated heterocycles. The summed E-state index contributed by atoms with van der Waals surface area (Å²) in [6.45, 7) is 4.96. The van der Waals surface area contributed by atoms with Gasteiger partial charge in [-0.15, -0.1) is 0 Å². The number of benzene rings is 2. The lowest BCUT2D eigenvalue weighted by atomic mass is 10.2. The molecule has 6 heteroatoms. The standard InChI is InChI=1S/C19H22N2O4/c1-3-11-25-16-8-6-15(7-9-16)19(23)21-20-13-14-5-10-17(22)18(12-14)24-4-2/h5-10,12-13,22H,3-4,11H2,1-2H3,(H,21,23)/b20-13-. The van der Waals surface area contributed by atoms with Crippen LogP contribution >= 0.6 is 0 Å². The van der Waals surface area contributed by atoms with Gasteiger partial charge in [-0.1, -0.05) is 6.92 Å². The van der Waals surface area contributed by atoms with Gasteiger partial charge in [0.15, 0.2) is 11.5 Å². The van der Waals surface area contributed by atoms with Crippen molar-refractivity contribution >= 4 is 12.1 Å². The van der Waals surface area contributed by atoms with Crippen molar-refractivity contribution in [2.75, 3.05) is 13.2 Å². The average Bonchev–Trinajstić information content (AvgIpc) is 2.63. The smallest absolute Gasteiger partial charge is 0.271 e. The largest absolute Gasteiger partial charge is 0.504 e. The number of carbonyl (C=O) groups excluding carboxylic acids is 1. The third kappa shape index (κ3) is 5.53. The fourth-order valence-corrected chi connectivity index (χ4v) is 2.03. The number of ether oxygens (including phenoxy) is 2. The number of nitrogens with one attached hydrogen (secondary N) is 1. The second kappa shape index (κ2) is 9.32. The van der Waals surface area contributed by atoms with Crippen molar-refractivity contribution in [2.24, 2.45) is 5.10 Å². The maximum Gasteiger partial charge on any atom is 0.271 e. The van der Waals surface area contributed by atoms with Gasteiger partial charge in [0, 0.05) is 5.56 Å². The number of aromatic hydroxyl groups is 1. The van der Waals surface area contributed by atoms with E-state index in [4.69, 9.17) is 9.47 Å². The first-order valence-corrected chi connectivity index (χ1v) is 8.16. The van der Waals surface area contributed by atoms with Gasteiger partial charge in [-0.25, -0.2) is 5.43 Å². The highest BCUT2D eigenvalue weighted by molar-refractivity contribution is 5.95. The molecule has 0 aliphatic rings. The second-order valence-corrected chi connectivity index (χ2v) is 5.23. The fourth-order valence-electron chi connectivity index (χ4n) is 2.03. The molecule has 0 unspecified atom stereocenters. The van der Waals surface area contributed by atoms with Gasteiger partial charge in [0.25, 0.3) is 5.91 Å². The average molecular weight is 342 g/mol. The van der Waals surface area contributed by atoms with Crippen LogP contribution in [0.15, 0.2) is 47.6 Å². The Balaban J connectivity index is 1.95. The molecule has 0 fully saturated rings. The quantitative estimate of drug-likeness (QED) is 0.569. The minimum Gasteiger partial charge on any atom is -0.504 e. The van der Waals surface area contributed by atoms with Crippen molar-refractivity contribution in [2.45, 2.75) is 20.3 Å². The van der Waals surface area contributed by atoms with E-state index in [1.165, 1.54) is 12.3 Å². The molecule has 2 N–H and O–H groups in total. The molecule has 132 valence electrons. The lowest BCUT2D eigenvalue weighted by molar-refractivity contribution is 0.0955. The van der Waals surface area contributed by atoms with Crippen molar-refractivity contribution in [1.82, 2.24) is 5.43 Å². The van der Waals surface area contributed by atoms with E-state index in [0.29, 0.717) is 30.1 Å². The number of nitrogens with zero attached hydrogens (tertiary/aromatic N) is 1. The van der Waals surface area contributed by atoms with E-state index < -0.39 is 0 Å². The van der Waals surface area contributed by atoms with Crippen LogP contribution in [0.1, 0.15) is 36.2 Å². The predicted molar refractivity (Wildman–Crippen MR) is 96.6 cm³/mol. The van der Waals surface area contributed by atoms with Crippen LogP contribution in [0.25, 0.3) is 0 Å². The molecular formula is C19H22N2O4. The Morgan fingerprint density at radius 2 is 1.92 bits per heavy atom. The van der Waals surface area contributed by atoms with Crippen LogP contribution in [0.2, 0.25) is 0 Å². The Kier molecular flexibility index (Phi) is 6.83. The summed E-state index contributed by atoms with van der Waals surface area (Å²) >= 11 is 0. The summed E-state index contributed by atoms with van der Waals surface area (Å²) in [7, 11) is 0. The maximum atomic E-state index is 12.1. The van der Waals surface area contributed by atoms with Gasteiger partial charge >= 0.3 is 0 Å². The highest BCUT2D eigenvalue weighted by Gasteiger charge is 2.05. The first-order chi connectivity index (χ1) is 12.1. The third-order valence-corrected chi connectivity index (χ3v) is 3.25. The van der Waals surface area contributed by atoms with Gasteiger partial charge in [0.05, 0.1) is 19.4 Å². The normalized spacial score (nSPS) is 10.6. The zero-order valence-electron chi connectivity index (χ0n) is 14.4. The minimum atomic E-state index is -0.317. The van der Waals surface area contributed by atoms with Crippen molar-refractivity contribution in [3.8, 4) is 17.2 Å². The van der Waals surface area contributed by atoms with Gasteiger partial charge in [-0.2, -0.15) is 5.10 Å². The molecular weight excluding hydrogens is 320 g/mol. The number of phenolic OH excluding ortho intramolecular Hbond substituents is 1. The van der Waals surface area contributed by atoms with Crippen LogP contribution in [0.5, 0.6) is 17.2 Å². The first-order valence-electron chi connectivity index (χ1n) is 8.16. The molecule has 0 aliphatic carbocycles.